The first-order valence-electron chi connectivity index (χ1n) is 10.3. The van der Waals surface area contributed by atoms with Crippen LogP contribution >= 0.6 is 46.4 Å². The molecule has 15 heteroatoms. The first-order chi connectivity index (χ1) is 17.0. The molecule has 2 N–H and O–H groups in total. The first kappa shape index (κ1) is 26.1. The van der Waals surface area contributed by atoms with Gasteiger partial charge in [0.2, 0.25) is 11.4 Å². The van der Waals surface area contributed by atoms with Crippen LogP contribution in [0.5, 0.6) is 11.6 Å². The largest absolute Gasteiger partial charge is 0.437 e. The molecule has 0 unspecified atom stereocenters. The van der Waals surface area contributed by atoms with Crippen LogP contribution in [0.25, 0.3) is 22.3 Å². The van der Waals surface area contributed by atoms with Crippen molar-refractivity contribution in [3.63, 3.8) is 0 Å². The van der Waals surface area contributed by atoms with Gasteiger partial charge in [-0.25, -0.2) is 15.0 Å². The van der Waals surface area contributed by atoms with Crippen molar-refractivity contribution in [2.45, 2.75) is 16.9 Å². The standard InChI is InChI=1S/C20H14ClN7O3.CH3Cl3Si/c1-10-5-14(29)26-17-16(10)20(30)28(9-23-17)8-13-24-18-19(25-13)27-15(7-22-18)31-12-4-2-3-11(21)6-12;2-1(3,4)5/h2-7,9H,8H2,1H3,(H,26,29)(H,22,24,25,27);5H3. The topological polar surface area (TPSA) is 131 Å². The Bertz CT molecular complexity index is 1670. The lowest BCUT2D eigenvalue weighted by atomic mass is 10.2. The van der Waals surface area contributed by atoms with E-state index in [9.17, 15) is 9.59 Å². The van der Waals surface area contributed by atoms with E-state index < -0.39 is 3.42 Å². The summed E-state index contributed by atoms with van der Waals surface area (Å²) < 4.78 is 6.14. The lowest BCUT2D eigenvalue weighted by Gasteiger charge is -2.06. The molecule has 186 valence electrons. The summed E-state index contributed by atoms with van der Waals surface area (Å²) in [4.78, 5) is 47.3. The summed E-state index contributed by atoms with van der Waals surface area (Å²) in [5.41, 5.74) is 1.01. The predicted molar refractivity (Wildman–Crippen MR) is 144 cm³/mol. The molecule has 4 heterocycles. The Kier molecular flexibility index (Phi) is 7.67. The number of hydrogen-bond donors (Lipinski definition) is 2. The zero-order chi connectivity index (χ0) is 26.0. The molecule has 0 bridgehead atoms. The van der Waals surface area contributed by atoms with Crippen LogP contribution in [0.3, 0.4) is 0 Å². The van der Waals surface area contributed by atoms with Crippen LogP contribution < -0.4 is 15.9 Å². The van der Waals surface area contributed by atoms with E-state index in [0.29, 0.717) is 49.1 Å². The van der Waals surface area contributed by atoms with Crippen LogP contribution in [0.2, 0.25) is 5.02 Å². The van der Waals surface area contributed by atoms with Gasteiger partial charge < -0.3 is 14.7 Å². The van der Waals surface area contributed by atoms with Crippen molar-refractivity contribution >= 4 is 79.0 Å². The van der Waals surface area contributed by atoms with Gasteiger partial charge in [-0.05, 0) is 30.7 Å². The normalized spacial score (nSPS) is 11.5. The zero-order valence-corrected chi connectivity index (χ0v) is 23.7. The second kappa shape index (κ2) is 10.6. The Labute approximate surface area is 226 Å². The van der Waals surface area contributed by atoms with Gasteiger partial charge in [-0.15, -0.1) is 0 Å². The molecule has 0 aliphatic carbocycles. The number of benzene rings is 1. The number of fused-ring (bicyclic) bond motifs is 2. The highest BCUT2D eigenvalue weighted by atomic mass is 35.6. The van der Waals surface area contributed by atoms with E-state index in [0.717, 1.165) is 0 Å². The maximum absolute atomic E-state index is 12.9. The van der Waals surface area contributed by atoms with Crippen LogP contribution in [0.15, 0.2) is 52.4 Å². The summed E-state index contributed by atoms with van der Waals surface area (Å²) in [5.74, 6) is 1.28. The van der Waals surface area contributed by atoms with Crippen LogP contribution in [-0.2, 0) is 6.54 Å². The summed E-state index contributed by atoms with van der Waals surface area (Å²) >= 11 is 21.3. The molecule has 0 aliphatic rings. The minimum atomic E-state index is -0.944. The fraction of sp³-hybridized carbons (Fsp3) is 0.143. The molecule has 1 aromatic carbocycles. The minimum absolute atomic E-state index is 0.128. The smallest absolute Gasteiger partial charge is 0.263 e. The van der Waals surface area contributed by atoms with Gasteiger partial charge in [-0.3, -0.25) is 14.2 Å². The van der Waals surface area contributed by atoms with Gasteiger partial charge in [0.25, 0.3) is 5.56 Å². The van der Waals surface area contributed by atoms with Gasteiger partial charge in [0.1, 0.15) is 23.5 Å². The van der Waals surface area contributed by atoms with Crippen molar-refractivity contribution in [1.29, 1.82) is 0 Å². The van der Waals surface area contributed by atoms with Crippen LogP contribution in [0.4, 0.5) is 0 Å². The van der Waals surface area contributed by atoms with Crippen molar-refractivity contribution in [2.24, 2.45) is 0 Å². The molecule has 10 nitrogen and oxygen atoms in total. The Morgan fingerprint density at radius 1 is 1.08 bits per heavy atom. The minimum Gasteiger partial charge on any atom is -0.437 e. The summed E-state index contributed by atoms with van der Waals surface area (Å²) in [5, 5.41) is 0.899. The number of rotatable bonds is 4. The number of imidazole rings is 1. The van der Waals surface area contributed by atoms with Gasteiger partial charge in [0.05, 0.1) is 28.4 Å². The van der Waals surface area contributed by atoms with E-state index in [-0.39, 0.29) is 29.2 Å². The maximum atomic E-state index is 12.9. The Morgan fingerprint density at radius 2 is 1.83 bits per heavy atom. The van der Waals surface area contributed by atoms with E-state index in [1.54, 1.807) is 31.2 Å². The monoisotopic (exact) mass is 583 g/mol. The number of ether oxygens (including phenoxy) is 1. The lowest BCUT2D eigenvalue weighted by Crippen LogP contribution is -2.24. The van der Waals surface area contributed by atoms with E-state index in [1.165, 1.54) is 23.2 Å². The third-order valence-electron chi connectivity index (χ3n) is 4.59. The number of pyridine rings is 1. The maximum Gasteiger partial charge on any atom is 0.263 e. The number of aromatic nitrogens is 7. The van der Waals surface area contributed by atoms with Crippen molar-refractivity contribution in [3.05, 3.63) is 80.0 Å². The fourth-order valence-corrected chi connectivity index (χ4v) is 3.42. The number of H-pyrrole nitrogens is 2. The number of hydrogen-bond acceptors (Lipinski definition) is 7. The third-order valence-corrected chi connectivity index (χ3v) is 4.83. The second-order valence-corrected chi connectivity index (χ2v) is 14.3. The van der Waals surface area contributed by atoms with Crippen molar-refractivity contribution in [3.8, 4) is 11.6 Å². The predicted octanol–water partition coefficient (Wildman–Crippen LogP) is 3.23. The Morgan fingerprint density at radius 3 is 2.56 bits per heavy atom. The van der Waals surface area contributed by atoms with E-state index in [2.05, 4.69) is 29.9 Å². The quantitative estimate of drug-likeness (QED) is 0.245. The molecule has 0 aliphatic heterocycles. The summed E-state index contributed by atoms with van der Waals surface area (Å²) in [7, 11) is 0.604. The van der Waals surface area contributed by atoms with Gasteiger partial charge in [0.15, 0.2) is 14.7 Å². The third kappa shape index (κ3) is 6.62. The molecule has 4 aromatic heterocycles. The highest BCUT2D eigenvalue weighted by Gasteiger charge is 2.12. The van der Waals surface area contributed by atoms with Gasteiger partial charge in [0, 0.05) is 11.1 Å². The molecule has 0 spiro atoms. The van der Waals surface area contributed by atoms with Crippen LogP contribution in [-0.4, -0.2) is 48.1 Å². The summed E-state index contributed by atoms with van der Waals surface area (Å²) in [6.45, 7) is 1.82. The number of nitrogens with one attached hydrogen (secondary N) is 2. The van der Waals surface area contributed by atoms with Gasteiger partial charge in [-0.1, -0.05) is 52.5 Å². The van der Waals surface area contributed by atoms with E-state index >= 15 is 0 Å². The molecule has 5 aromatic rings. The lowest BCUT2D eigenvalue weighted by molar-refractivity contribution is 0.462. The van der Waals surface area contributed by atoms with Crippen LogP contribution in [0.1, 0.15) is 11.4 Å². The zero-order valence-electron chi connectivity index (χ0n) is 18.7. The number of nitrogens with zero attached hydrogens (tertiary/aromatic N) is 5. The molecule has 0 fully saturated rings. The Balaban J connectivity index is 0.000000556. The van der Waals surface area contributed by atoms with E-state index in [4.69, 9.17) is 51.1 Å². The highest BCUT2D eigenvalue weighted by Crippen LogP contribution is 2.23. The molecule has 36 heavy (non-hydrogen) atoms. The molecule has 0 atom stereocenters. The van der Waals surface area contributed by atoms with Gasteiger partial charge in [-0.2, -0.15) is 4.98 Å². The SMILES string of the molecule is Cc1cc(=O)[nH]c2ncn(Cc3nc4ncc(Oc5cccc(Cl)c5)nc4[nH]3)c(=O)c12.[SiH3]C(Cl)(Cl)Cl. The first-order valence-corrected chi connectivity index (χ1v) is 12.8. The van der Waals surface area contributed by atoms with Crippen molar-refractivity contribution in [1.82, 2.24) is 34.5 Å². The molecule has 0 saturated heterocycles. The highest BCUT2D eigenvalue weighted by molar-refractivity contribution is 6.81. The van der Waals surface area contributed by atoms with Gasteiger partial charge >= 0.3 is 0 Å². The van der Waals surface area contributed by atoms with Crippen LogP contribution in [0, 0.1) is 6.92 Å². The Hall–Kier alpha value is -2.96. The average Bonchev–Trinajstić information content (AvgIpc) is 3.16. The fourth-order valence-electron chi connectivity index (χ4n) is 3.24. The summed E-state index contributed by atoms with van der Waals surface area (Å²) in [6, 6.07) is 8.30. The average molecular weight is 585 g/mol. The molecular formula is C21H17Cl4N7O3Si. The molecule has 5 rings (SSSR count). The number of aromatic amines is 2. The van der Waals surface area contributed by atoms with E-state index in [1.807, 2.05) is 0 Å². The molecule has 0 radical (unpaired) electrons. The number of alkyl halides is 3. The summed E-state index contributed by atoms with van der Waals surface area (Å²) in [6.07, 6.45) is 2.82. The van der Waals surface area contributed by atoms with Crippen molar-refractivity contribution in [2.75, 3.05) is 0 Å². The molecular weight excluding hydrogens is 568 g/mol. The number of halogens is 4. The number of aryl methyl sites for hydroxylation is 1. The van der Waals surface area contributed by atoms with Crippen molar-refractivity contribution < 1.29 is 4.74 Å². The molecule has 0 amide bonds. The molecule has 0 saturated carbocycles. The second-order valence-electron chi connectivity index (χ2n) is 7.62.